The zero-order chi connectivity index (χ0) is 10.7. The Balaban J connectivity index is 0.00000128. The summed E-state index contributed by atoms with van der Waals surface area (Å²) in [4.78, 5) is 0. The number of anilines is 1. The van der Waals surface area contributed by atoms with Gasteiger partial charge in [0.05, 0.1) is 0 Å². The first-order valence-electron chi connectivity index (χ1n) is 5.48. The summed E-state index contributed by atoms with van der Waals surface area (Å²) in [6.07, 6.45) is 2.43. The molecule has 1 aliphatic heterocycles. The largest absolute Gasteiger partial charge is 0.404 e. The van der Waals surface area contributed by atoms with E-state index in [0.717, 1.165) is 18.8 Å². The zero-order valence-electron chi connectivity index (χ0n) is 9.74. The first-order chi connectivity index (χ1) is 7.24. The van der Waals surface area contributed by atoms with Gasteiger partial charge in [-0.15, -0.1) is 6.07 Å². The molecule has 85 valence electrons. The first-order valence-corrected chi connectivity index (χ1v) is 6.00. The van der Waals surface area contributed by atoms with Crippen LogP contribution >= 0.6 is 9.39 Å². The number of benzene rings is 1. The molecule has 4 heteroatoms. The standard InChI is InChI=1S/C12H18N2P.Y/c1-10-2-4-11(5-3-10)13-12-6-8-14(15)9-7-12;/h2-4,12-13H,6-9,15H2,1H3;/q-1;. The maximum absolute atomic E-state index is 3.54. The normalized spacial score (nSPS) is 17.9. The molecule has 1 radical (unpaired) electrons. The second kappa shape index (κ2) is 7.06. The number of nitrogens with one attached hydrogen (secondary N) is 1. The van der Waals surface area contributed by atoms with Gasteiger partial charge in [-0.2, -0.15) is 23.8 Å². The van der Waals surface area contributed by atoms with Gasteiger partial charge in [0.2, 0.25) is 0 Å². The Bertz CT molecular complexity index is 307. The summed E-state index contributed by atoms with van der Waals surface area (Å²) in [7, 11) is 2.78. The number of aryl methyl sites for hydroxylation is 1. The van der Waals surface area contributed by atoms with Crippen LogP contribution < -0.4 is 5.32 Å². The third-order valence-electron chi connectivity index (χ3n) is 2.86. The van der Waals surface area contributed by atoms with E-state index in [1.807, 2.05) is 6.07 Å². The minimum absolute atomic E-state index is 0. The number of piperidine rings is 1. The van der Waals surface area contributed by atoms with Gasteiger partial charge in [-0.05, 0) is 12.8 Å². The molecule has 0 aromatic heterocycles. The van der Waals surface area contributed by atoms with Crippen molar-refractivity contribution in [3.63, 3.8) is 0 Å². The van der Waals surface area contributed by atoms with Gasteiger partial charge >= 0.3 is 0 Å². The fraction of sp³-hybridized carbons (Fsp3) is 0.500. The predicted molar refractivity (Wildman–Crippen MR) is 67.9 cm³/mol. The maximum atomic E-state index is 3.54. The minimum atomic E-state index is 0. The van der Waals surface area contributed by atoms with Crippen LogP contribution in [0.25, 0.3) is 0 Å². The van der Waals surface area contributed by atoms with Crippen LogP contribution in [0.3, 0.4) is 0 Å². The molecular formula is C12H18N2PY-. The Hall–Kier alpha value is 0.514. The predicted octanol–water partition coefficient (Wildman–Crippen LogP) is 2.46. The van der Waals surface area contributed by atoms with Crippen LogP contribution in [-0.4, -0.2) is 23.8 Å². The third kappa shape index (κ3) is 4.41. The SMILES string of the molecule is Cc1c[c-]c(NC2CCN(P)CC2)cc1.[Y]. The summed E-state index contributed by atoms with van der Waals surface area (Å²) in [5.41, 5.74) is 2.39. The average molecular weight is 310 g/mol. The number of nitrogens with zero attached hydrogens (tertiary/aromatic N) is 1. The molecule has 0 saturated carbocycles. The molecule has 1 aliphatic rings. The van der Waals surface area contributed by atoms with E-state index in [0.29, 0.717) is 6.04 Å². The van der Waals surface area contributed by atoms with E-state index >= 15 is 0 Å². The van der Waals surface area contributed by atoms with E-state index in [1.165, 1.54) is 18.4 Å². The third-order valence-corrected chi connectivity index (χ3v) is 3.37. The van der Waals surface area contributed by atoms with Crippen LogP contribution in [0.15, 0.2) is 18.2 Å². The molecule has 1 fully saturated rings. The Morgan fingerprint density at radius 1 is 1.38 bits per heavy atom. The quantitative estimate of drug-likeness (QED) is 0.667. The number of hydrogen-bond acceptors (Lipinski definition) is 2. The van der Waals surface area contributed by atoms with E-state index in [4.69, 9.17) is 0 Å². The van der Waals surface area contributed by atoms with Crippen molar-refractivity contribution >= 4 is 15.1 Å². The Morgan fingerprint density at radius 2 is 2.06 bits per heavy atom. The van der Waals surface area contributed by atoms with E-state index in [-0.39, 0.29) is 32.7 Å². The minimum Gasteiger partial charge on any atom is -0.404 e. The molecule has 0 bridgehead atoms. The topological polar surface area (TPSA) is 15.3 Å². The fourth-order valence-electron chi connectivity index (χ4n) is 1.86. The van der Waals surface area contributed by atoms with Crippen molar-refractivity contribution in [3.8, 4) is 0 Å². The summed E-state index contributed by atoms with van der Waals surface area (Å²) < 4.78 is 2.30. The summed E-state index contributed by atoms with van der Waals surface area (Å²) in [6, 6.07) is 10.2. The zero-order valence-corrected chi connectivity index (χ0v) is 13.7. The van der Waals surface area contributed by atoms with Gasteiger partial charge in [0, 0.05) is 51.8 Å². The summed E-state index contributed by atoms with van der Waals surface area (Å²) in [6.45, 7) is 4.41. The number of hydrogen-bond donors (Lipinski definition) is 1. The van der Waals surface area contributed by atoms with Gasteiger partial charge in [0.1, 0.15) is 0 Å². The van der Waals surface area contributed by atoms with Gasteiger partial charge in [0.15, 0.2) is 0 Å². The van der Waals surface area contributed by atoms with Crippen molar-refractivity contribution in [2.45, 2.75) is 25.8 Å². The van der Waals surface area contributed by atoms with Crippen molar-refractivity contribution in [1.82, 2.24) is 4.67 Å². The molecule has 0 aliphatic carbocycles. The molecular weight excluding hydrogens is 292 g/mol. The summed E-state index contributed by atoms with van der Waals surface area (Å²) in [5.74, 6) is 0. The van der Waals surface area contributed by atoms with Crippen molar-refractivity contribution in [1.29, 1.82) is 0 Å². The molecule has 1 N–H and O–H groups in total. The van der Waals surface area contributed by atoms with Gasteiger partial charge in [-0.1, -0.05) is 22.0 Å². The van der Waals surface area contributed by atoms with Gasteiger partial charge in [0.25, 0.3) is 0 Å². The summed E-state index contributed by atoms with van der Waals surface area (Å²) >= 11 is 0. The average Bonchev–Trinajstić information content (AvgIpc) is 2.25. The second-order valence-corrected chi connectivity index (χ2v) is 4.96. The smallest absolute Gasteiger partial charge is 0.0264 e. The molecule has 1 unspecified atom stereocenters. The molecule has 16 heavy (non-hydrogen) atoms. The van der Waals surface area contributed by atoms with Crippen LogP contribution in [0.4, 0.5) is 5.69 Å². The van der Waals surface area contributed by atoms with Crippen LogP contribution in [-0.2, 0) is 32.7 Å². The molecule has 1 heterocycles. The first kappa shape index (κ1) is 14.6. The van der Waals surface area contributed by atoms with E-state index in [9.17, 15) is 0 Å². The molecule has 0 amide bonds. The van der Waals surface area contributed by atoms with Crippen LogP contribution in [0.2, 0.25) is 0 Å². The molecule has 1 saturated heterocycles. The van der Waals surface area contributed by atoms with E-state index in [1.54, 1.807) is 0 Å². The molecule has 2 nitrogen and oxygen atoms in total. The fourth-order valence-corrected chi connectivity index (χ4v) is 2.15. The van der Waals surface area contributed by atoms with Crippen molar-refractivity contribution in [2.75, 3.05) is 18.4 Å². The maximum Gasteiger partial charge on any atom is 0.0264 e. The molecule has 1 aromatic rings. The second-order valence-electron chi connectivity index (χ2n) is 4.23. The van der Waals surface area contributed by atoms with Gasteiger partial charge in [-0.25, -0.2) is 0 Å². The molecule has 2 rings (SSSR count). The van der Waals surface area contributed by atoms with Crippen LogP contribution in [0.5, 0.6) is 0 Å². The van der Waals surface area contributed by atoms with E-state index < -0.39 is 0 Å². The Kier molecular flexibility index (Phi) is 6.43. The van der Waals surface area contributed by atoms with Crippen molar-refractivity contribution in [3.05, 3.63) is 29.8 Å². The van der Waals surface area contributed by atoms with Crippen LogP contribution in [0, 0.1) is 13.0 Å². The van der Waals surface area contributed by atoms with E-state index in [2.05, 4.69) is 44.5 Å². The Morgan fingerprint density at radius 3 is 2.62 bits per heavy atom. The number of rotatable bonds is 2. The van der Waals surface area contributed by atoms with Crippen molar-refractivity contribution in [2.24, 2.45) is 0 Å². The molecule has 1 aromatic carbocycles. The van der Waals surface area contributed by atoms with Gasteiger partial charge in [-0.3, -0.25) is 4.67 Å². The molecule has 1 atom stereocenters. The van der Waals surface area contributed by atoms with Gasteiger partial charge < -0.3 is 5.32 Å². The van der Waals surface area contributed by atoms with Crippen molar-refractivity contribution < 1.29 is 32.7 Å². The Labute approximate surface area is 126 Å². The summed E-state index contributed by atoms with van der Waals surface area (Å²) in [5, 5.41) is 3.54. The van der Waals surface area contributed by atoms with Crippen LogP contribution in [0.1, 0.15) is 18.4 Å². The molecule has 0 spiro atoms. The monoisotopic (exact) mass is 310 g/mol.